The van der Waals surface area contributed by atoms with Crippen molar-refractivity contribution in [2.24, 2.45) is 5.92 Å². The van der Waals surface area contributed by atoms with Gasteiger partial charge in [0.2, 0.25) is 0 Å². The van der Waals surface area contributed by atoms with E-state index in [0.717, 1.165) is 5.56 Å². The number of nitriles is 1. The Labute approximate surface area is 200 Å². The summed E-state index contributed by atoms with van der Waals surface area (Å²) in [6, 6.07) is 17.6. The minimum atomic E-state index is -4.02. The summed E-state index contributed by atoms with van der Waals surface area (Å²) in [5, 5.41) is 8.35. The van der Waals surface area contributed by atoms with Gasteiger partial charge in [0.25, 0.3) is 0 Å². The van der Waals surface area contributed by atoms with Crippen LogP contribution in [0.25, 0.3) is 0 Å². The van der Waals surface area contributed by atoms with Gasteiger partial charge in [-0.25, -0.2) is 18.0 Å². The molecule has 2 aromatic carbocycles. The third-order valence-corrected chi connectivity index (χ3v) is 7.50. The fraction of sp³-hybridized carbons (Fsp3) is 0.400. The van der Waals surface area contributed by atoms with Crippen LogP contribution in [0.2, 0.25) is 0 Å². The third-order valence-electron chi connectivity index (χ3n) is 5.41. The molecule has 1 heterocycles. The van der Waals surface area contributed by atoms with Crippen molar-refractivity contribution in [1.82, 2.24) is 4.90 Å². The molecule has 0 saturated carbocycles. The molecule has 34 heavy (non-hydrogen) atoms. The summed E-state index contributed by atoms with van der Waals surface area (Å²) in [4.78, 5) is 27.0. The second-order valence-electron chi connectivity index (χ2n) is 9.15. The molecular weight excluding hydrogens is 456 g/mol. The van der Waals surface area contributed by atoms with Crippen LogP contribution in [0.3, 0.4) is 0 Å². The van der Waals surface area contributed by atoms with Crippen molar-refractivity contribution in [3.63, 3.8) is 0 Å². The first-order chi connectivity index (χ1) is 16.0. The van der Waals surface area contributed by atoms with E-state index in [4.69, 9.17) is 9.47 Å². The Hall–Kier alpha value is -3.38. The number of amides is 1. The average molecular weight is 485 g/mol. The van der Waals surface area contributed by atoms with Crippen molar-refractivity contribution in [2.45, 2.75) is 55.6 Å². The molecule has 180 valence electrons. The van der Waals surface area contributed by atoms with Gasteiger partial charge in [-0.05, 0) is 44.9 Å². The van der Waals surface area contributed by atoms with E-state index in [0.29, 0.717) is 0 Å². The van der Waals surface area contributed by atoms with E-state index >= 15 is 0 Å². The Morgan fingerprint density at radius 1 is 1.09 bits per heavy atom. The summed E-state index contributed by atoms with van der Waals surface area (Å²) in [5.74, 6) is -1.46. The number of esters is 1. The standard InChI is InChI=1S/C25H28N2O6S/c1-25(2,3)33-23(28)21-14-19(22(15-26)34(30,31)20-12-8-5-9-13-20)16-27(21)24(29)32-17-18-10-6-4-7-11-18/h4-13,19,21-22H,14,16-17H2,1-3H3/t19-,21+,22?/m1/s1. The topological polar surface area (TPSA) is 114 Å². The van der Waals surface area contributed by atoms with Crippen LogP contribution in [0, 0.1) is 17.2 Å². The number of hydrogen-bond donors (Lipinski definition) is 0. The van der Waals surface area contributed by atoms with Crippen LogP contribution in [-0.2, 0) is 30.7 Å². The van der Waals surface area contributed by atoms with Crippen LogP contribution < -0.4 is 0 Å². The molecule has 1 saturated heterocycles. The summed E-state index contributed by atoms with van der Waals surface area (Å²) < 4.78 is 37.2. The van der Waals surface area contributed by atoms with E-state index in [-0.39, 0.29) is 24.5 Å². The Bertz CT molecular complexity index is 1150. The first-order valence-corrected chi connectivity index (χ1v) is 12.5. The second-order valence-corrected chi connectivity index (χ2v) is 11.2. The maximum absolute atomic E-state index is 13.2. The molecule has 0 spiro atoms. The lowest BCUT2D eigenvalue weighted by Crippen LogP contribution is -2.43. The van der Waals surface area contributed by atoms with Crippen LogP contribution in [0.4, 0.5) is 4.79 Å². The van der Waals surface area contributed by atoms with Gasteiger partial charge in [0.15, 0.2) is 15.1 Å². The van der Waals surface area contributed by atoms with Crippen LogP contribution in [0.15, 0.2) is 65.6 Å². The Balaban J connectivity index is 1.85. The van der Waals surface area contributed by atoms with Gasteiger partial charge in [-0.1, -0.05) is 48.5 Å². The van der Waals surface area contributed by atoms with Crippen molar-refractivity contribution in [3.05, 3.63) is 66.2 Å². The normalized spacial score (nSPS) is 19.2. The molecule has 3 rings (SSSR count). The highest BCUT2D eigenvalue weighted by atomic mass is 32.2. The SMILES string of the molecule is CC(C)(C)OC(=O)[C@@H]1C[C@@H](C(C#N)S(=O)(=O)c2ccccc2)CN1C(=O)OCc1ccccc1. The van der Waals surface area contributed by atoms with E-state index in [2.05, 4.69) is 0 Å². The predicted octanol–water partition coefficient (Wildman–Crippen LogP) is 3.72. The number of carbonyl (C=O) groups is 2. The monoisotopic (exact) mass is 484 g/mol. The molecule has 2 aromatic rings. The minimum Gasteiger partial charge on any atom is -0.458 e. The molecule has 3 atom stereocenters. The van der Waals surface area contributed by atoms with E-state index in [1.807, 2.05) is 24.3 Å². The van der Waals surface area contributed by atoms with Crippen molar-refractivity contribution >= 4 is 21.9 Å². The molecular formula is C25H28N2O6S. The van der Waals surface area contributed by atoms with E-state index < -0.39 is 44.7 Å². The second kappa shape index (κ2) is 10.3. The average Bonchev–Trinajstić information content (AvgIpc) is 3.23. The molecule has 0 radical (unpaired) electrons. The zero-order valence-electron chi connectivity index (χ0n) is 19.4. The number of hydrogen-bond acceptors (Lipinski definition) is 7. The smallest absolute Gasteiger partial charge is 0.410 e. The summed E-state index contributed by atoms with van der Waals surface area (Å²) in [6.07, 6.45) is -0.796. The van der Waals surface area contributed by atoms with Crippen LogP contribution in [0.5, 0.6) is 0 Å². The zero-order valence-corrected chi connectivity index (χ0v) is 20.2. The number of rotatable bonds is 6. The highest BCUT2D eigenvalue weighted by molar-refractivity contribution is 7.92. The van der Waals surface area contributed by atoms with E-state index in [9.17, 15) is 23.3 Å². The Morgan fingerprint density at radius 2 is 1.68 bits per heavy atom. The molecule has 1 amide bonds. The molecule has 9 heteroatoms. The molecule has 0 aliphatic carbocycles. The lowest BCUT2D eigenvalue weighted by Gasteiger charge is -2.26. The van der Waals surface area contributed by atoms with Crippen LogP contribution in [-0.4, -0.2) is 48.8 Å². The zero-order chi connectivity index (χ0) is 24.9. The van der Waals surface area contributed by atoms with Crippen molar-refractivity contribution in [1.29, 1.82) is 5.26 Å². The van der Waals surface area contributed by atoms with Gasteiger partial charge in [0, 0.05) is 12.5 Å². The molecule has 1 fully saturated rings. The molecule has 8 nitrogen and oxygen atoms in total. The predicted molar refractivity (Wildman–Crippen MR) is 124 cm³/mol. The lowest BCUT2D eigenvalue weighted by molar-refractivity contribution is -0.159. The number of carbonyl (C=O) groups excluding carboxylic acids is 2. The van der Waals surface area contributed by atoms with Gasteiger partial charge >= 0.3 is 12.1 Å². The maximum atomic E-state index is 13.2. The minimum absolute atomic E-state index is 0.00806. The number of likely N-dealkylation sites (tertiary alicyclic amines) is 1. The van der Waals surface area contributed by atoms with E-state index in [1.54, 1.807) is 51.1 Å². The maximum Gasteiger partial charge on any atom is 0.410 e. The van der Waals surface area contributed by atoms with Crippen molar-refractivity contribution < 1.29 is 27.5 Å². The summed E-state index contributed by atoms with van der Waals surface area (Å²) in [7, 11) is -4.02. The Morgan fingerprint density at radius 3 is 2.24 bits per heavy atom. The number of ether oxygens (including phenoxy) is 2. The number of sulfone groups is 1. The van der Waals surface area contributed by atoms with Gasteiger partial charge in [-0.15, -0.1) is 0 Å². The van der Waals surface area contributed by atoms with Crippen molar-refractivity contribution in [2.75, 3.05) is 6.54 Å². The van der Waals surface area contributed by atoms with Crippen LogP contribution >= 0.6 is 0 Å². The third kappa shape index (κ3) is 5.94. The fourth-order valence-electron chi connectivity index (χ4n) is 3.87. The molecule has 0 N–H and O–H groups in total. The lowest BCUT2D eigenvalue weighted by atomic mass is 10.0. The van der Waals surface area contributed by atoms with Crippen LogP contribution in [0.1, 0.15) is 32.8 Å². The first kappa shape index (κ1) is 25.2. The van der Waals surface area contributed by atoms with Gasteiger partial charge in [0.05, 0.1) is 11.0 Å². The Kier molecular flexibility index (Phi) is 7.62. The molecule has 1 unspecified atom stereocenters. The molecule has 0 aromatic heterocycles. The van der Waals surface area contributed by atoms with Gasteiger partial charge < -0.3 is 9.47 Å². The van der Waals surface area contributed by atoms with Crippen molar-refractivity contribution in [3.8, 4) is 6.07 Å². The molecule has 0 bridgehead atoms. The fourth-order valence-corrected chi connectivity index (χ4v) is 5.54. The quantitative estimate of drug-likeness (QED) is 0.574. The van der Waals surface area contributed by atoms with Gasteiger partial charge in [-0.2, -0.15) is 5.26 Å². The highest BCUT2D eigenvalue weighted by Crippen LogP contribution is 2.33. The summed E-state index contributed by atoms with van der Waals surface area (Å²) in [6.45, 7) is 4.97. The highest BCUT2D eigenvalue weighted by Gasteiger charge is 2.48. The van der Waals surface area contributed by atoms with Gasteiger partial charge in [0.1, 0.15) is 18.2 Å². The summed E-state index contributed by atoms with van der Waals surface area (Å²) >= 11 is 0. The largest absolute Gasteiger partial charge is 0.458 e. The number of benzene rings is 2. The summed E-state index contributed by atoms with van der Waals surface area (Å²) in [5.41, 5.74) is -0.0403. The van der Waals surface area contributed by atoms with Gasteiger partial charge in [-0.3, -0.25) is 4.90 Å². The number of nitrogens with zero attached hydrogens (tertiary/aromatic N) is 2. The molecule has 1 aliphatic rings. The van der Waals surface area contributed by atoms with E-state index in [1.165, 1.54) is 17.0 Å². The first-order valence-electron chi connectivity index (χ1n) is 10.9. The molecule has 1 aliphatic heterocycles.